The number of hydrogen-bond donors (Lipinski definition) is 0. The predicted molar refractivity (Wildman–Crippen MR) is 54.3 cm³/mol. The first kappa shape index (κ1) is 9.79. The molecule has 0 unspecified atom stereocenters. The molecule has 70 valence electrons. The summed E-state index contributed by atoms with van der Waals surface area (Å²) in [6, 6.07) is 1.65. The molecular weight excluding hydrogens is 146 g/mol. The maximum absolute atomic E-state index is 2.52. The van der Waals surface area contributed by atoms with Crippen molar-refractivity contribution >= 4 is 0 Å². The molecule has 0 aromatic carbocycles. The monoisotopic (exact) mass is 167 g/mol. The Bertz CT molecular complexity index is 172. The fourth-order valence-electron chi connectivity index (χ4n) is 2.26. The average molecular weight is 167 g/mol. The van der Waals surface area contributed by atoms with Crippen molar-refractivity contribution in [2.75, 3.05) is 7.05 Å². The van der Waals surface area contributed by atoms with Crippen LogP contribution in [0.3, 0.4) is 0 Å². The van der Waals surface area contributed by atoms with E-state index in [9.17, 15) is 0 Å². The zero-order valence-corrected chi connectivity index (χ0v) is 8.80. The first-order valence-corrected chi connectivity index (χ1v) is 5.16. The van der Waals surface area contributed by atoms with Crippen LogP contribution < -0.4 is 0 Å². The number of nitrogens with zero attached hydrogens (tertiary/aromatic N) is 1. The lowest BCUT2D eigenvalue weighted by molar-refractivity contribution is 0.255. The van der Waals surface area contributed by atoms with Crippen molar-refractivity contribution in [2.24, 2.45) is 0 Å². The quantitative estimate of drug-likeness (QED) is 0.501. The van der Waals surface area contributed by atoms with Gasteiger partial charge in [-0.05, 0) is 33.2 Å². The van der Waals surface area contributed by atoms with Gasteiger partial charge in [-0.2, -0.15) is 0 Å². The molecule has 1 heteroatoms. The highest BCUT2D eigenvalue weighted by atomic mass is 15.2. The van der Waals surface area contributed by atoms with Crippen LogP contribution >= 0.6 is 0 Å². The molecule has 0 amide bonds. The first-order valence-electron chi connectivity index (χ1n) is 5.16. The van der Waals surface area contributed by atoms with Gasteiger partial charge in [-0.25, -0.2) is 0 Å². The molecule has 0 aliphatic carbocycles. The Labute approximate surface area is 76.5 Å². The minimum atomic E-state index is 0.777. The fraction of sp³-hybridized carbons (Fsp3) is 0.818. The summed E-state index contributed by atoms with van der Waals surface area (Å²) in [6.07, 6.45) is 6.55. The average Bonchev–Trinajstić information content (AvgIpc) is 2.35. The van der Waals surface area contributed by atoms with Crippen molar-refractivity contribution in [3.8, 4) is 0 Å². The van der Waals surface area contributed by atoms with Gasteiger partial charge < -0.3 is 0 Å². The molecule has 0 aromatic heterocycles. The minimum Gasteiger partial charge on any atom is -0.297 e. The molecule has 1 nitrogen and oxygen atoms in total. The molecule has 0 spiro atoms. The van der Waals surface area contributed by atoms with Crippen molar-refractivity contribution < 1.29 is 0 Å². The summed E-state index contributed by atoms with van der Waals surface area (Å²) >= 11 is 0. The summed E-state index contributed by atoms with van der Waals surface area (Å²) in [5, 5.41) is 0. The lowest BCUT2D eigenvalue weighted by Gasteiger charge is -2.29. The van der Waals surface area contributed by atoms with Crippen LogP contribution in [0.4, 0.5) is 0 Å². The molecule has 0 radical (unpaired) electrons. The fourth-order valence-corrected chi connectivity index (χ4v) is 2.26. The number of likely N-dealkylation sites (N-methyl/N-ethyl adjacent to an activating group) is 1. The summed E-state index contributed by atoms with van der Waals surface area (Å²) in [6.45, 7) is 6.26. The third-order valence-electron chi connectivity index (χ3n) is 2.93. The maximum atomic E-state index is 2.52. The van der Waals surface area contributed by atoms with Crippen LogP contribution in [0.1, 0.15) is 40.0 Å². The topological polar surface area (TPSA) is 3.24 Å². The third-order valence-corrected chi connectivity index (χ3v) is 2.93. The van der Waals surface area contributed by atoms with Gasteiger partial charge in [-0.3, -0.25) is 4.90 Å². The van der Waals surface area contributed by atoms with Crippen molar-refractivity contribution in [2.45, 2.75) is 52.1 Å². The van der Waals surface area contributed by atoms with E-state index in [1.165, 1.54) is 19.3 Å². The Kier molecular flexibility index (Phi) is 3.33. The Morgan fingerprint density at radius 1 is 1.33 bits per heavy atom. The van der Waals surface area contributed by atoms with Crippen LogP contribution in [0, 0.1) is 0 Å². The Hall–Kier alpha value is -0.300. The van der Waals surface area contributed by atoms with E-state index in [1.54, 1.807) is 5.57 Å². The van der Waals surface area contributed by atoms with Crippen LogP contribution in [-0.2, 0) is 0 Å². The van der Waals surface area contributed by atoms with Gasteiger partial charge in [0.25, 0.3) is 0 Å². The Balaban J connectivity index is 0.000000336. The van der Waals surface area contributed by atoms with E-state index in [-0.39, 0.29) is 0 Å². The van der Waals surface area contributed by atoms with E-state index in [1.807, 2.05) is 13.8 Å². The van der Waals surface area contributed by atoms with E-state index < -0.39 is 0 Å². The third kappa shape index (κ3) is 1.71. The number of hydrogen-bond acceptors (Lipinski definition) is 1. The van der Waals surface area contributed by atoms with Crippen LogP contribution in [0.2, 0.25) is 0 Å². The minimum absolute atomic E-state index is 0.777. The van der Waals surface area contributed by atoms with E-state index >= 15 is 0 Å². The predicted octanol–water partition coefficient (Wildman–Crippen LogP) is 2.83. The van der Waals surface area contributed by atoms with Gasteiger partial charge in [0.05, 0.1) is 0 Å². The second-order valence-corrected chi connectivity index (χ2v) is 3.68. The standard InChI is InChI=1S/C9H15N.C2H6/c1-7-5-8-3-4-9(6-7)10(8)2;1-2/h5,8-9H,3-4,6H2,1-2H3;1-2H3/t8-,9-;/m0./s1. The van der Waals surface area contributed by atoms with Gasteiger partial charge >= 0.3 is 0 Å². The Morgan fingerprint density at radius 3 is 2.58 bits per heavy atom. The molecule has 2 aliphatic heterocycles. The van der Waals surface area contributed by atoms with Gasteiger partial charge in [0.2, 0.25) is 0 Å². The molecule has 1 fully saturated rings. The van der Waals surface area contributed by atoms with E-state index in [4.69, 9.17) is 0 Å². The highest BCUT2D eigenvalue weighted by molar-refractivity contribution is 5.14. The molecule has 2 atom stereocenters. The summed E-state index contributed by atoms with van der Waals surface area (Å²) in [5.41, 5.74) is 1.60. The SMILES string of the molecule is CC.CC1=C[C@@H]2CC[C@@H](C1)N2C. The molecule has 0 saturated carbocycles. The molecule has 1 saturated heterocycles. The molecule has 0 aromatic rings. The maximum Gasteiger partial charge on any atom is 0.0281 e. The molecule has 2 rings (SSSR count). The lowest BCUT2D eigenvalue weighted by Crippen LogP contribution is -2.34. The molecule has 12 heavy (non-hydrogen) atoms. The number of rotatable bonds is 0. The second-order valence-electron chi connectivity index (χ2n) is 3.68. The molecule has 0 N–H and O–H groups in total. The lowest BCUT2D eigenvalue weighted by atomic mass is 10.0. The summed E-state index contributed by atoms with van der Waals surface area (Å²) in [5.74, 6) is 0. The zero-order valence-electron chi connectivity index (χ0n) is 8.80. The van der Waals surface area contributed by atoms with Crippen LogP contribution in [-0.4, -0.2) is 24.0 Å². The van der Waals surface area contributed by atoms with Crippen molar-refractivity contribution in [3.05, 3.63) is 11.6 Å². The normalized spacial score (nSPS) is 33.8. The van der Waals surface area contributed by atoms with Crippen LogP contribution in [0.15, 0.2) is 11.6 Å². The zero-order chi connectivity index (χ0) is 9.14. The molecular formula is C11H21N. The largest absolute Gasteiger partial charge is 0.297 e. The smallest absolute Gasteiger partial charge is 0.0281 e. The molecule has 2 heterocycles. The van der Waals surface area contributed by atoms with Gasteiger partial charge in [-0.15, -0.1) is 0 Å². The highest BCUT2D eigenvalue weighted by Crippen LogP contribution is 2.32. The van der Waals surface area contributed by atoms with Crippen LogP contribution in [0.5, 0.6) is 0 Å². The van der Waals surface area contributed by atoms with Crippen molar-refractivity contribution in [3.63, 3.8) is 0 Å². The Morgan fingerprint density at radius 2 is 2.00 bits per heavy atom. The second kappa shape index (κ2) is 4.08. The van der Waals surface area contributed by atoms with E-state index in [2.05, 4.69) is 24.9 Å². The van der Waals surface area contributed by atoms with Gasteiger partial charge in [0.1, 0.15) is 0 Å². The van der Waals surface area contributed by atoms with Crippen LogP contribution in [0.25, 0.3) is 0 Å². The highest BCUT2D eigenvalue weighted by Gasteiger charge is 2.32. The van der Waals surface area contributed by atoms with E-state index in [0.717, 1.165) is 12.1 Å². The van der Waals surface area contributed by atoms with E-state index in [0.29, 0.717) is 0 Å². The summed E-state index contributed by atoms with van der Waals surface area (Å²) in [4.78, 5) is 2.52. The van der Waals surface area contributed by atoms with Gasteiger partial charge in [0, 0.05) is 12.1 Å². The van der Waals surface area contributed by atoms with Gasteiger partial charge in [0.15, 0.2) is 0 Å². The summed E-state index contributed by atoms with van der Waals surface area (Å²) in [7, 11) is 2.26. The number of fused-ring (bicyclic) bond motifs is 2. The van der Waals surface area contributed by atoms with Crippen molar-refractivity contribution in [1.29, 1.82) is 0 Å². The first-order chi connectivity index (χ1) is 5.77. The van der Waals surface area contributed by atoms with Crippen molar-refractivity contribution in [1.82, 2.24) is 4.90 Å². The molecule has 2 bridgehead atoms. The molecule has 2 aliphatic rings. The van der Waals surface area contributed by atoms with Gasteiger partial charge in [-0.1, -0.05) is 25.5 Å². The summed E-state index contributed by atoms with van der Waals surface area (Å²) < 4.78 is 0.